The molecule has 21 heavy (non-hydrogen) atoms. The molecule has 2 rings (SSSR count). The highest BCUT2D eigenvalue weighted by molar-refractivity contribution is 5.75. The maximum absolute atomic E-state index is 12.2. The summed E-state index contributed by atoms with van der Waals surface area (Å²) in [6.45, 7) is 0.287. The number of nitrogens with zero attached hydrogens (tertiary/aromatic N) is 1. The van der Waals surface area contributed by atoms with E-state index in [9.17, 15) is 4.79 Å². The predicted molar refractivity (Wildman–Crippen MR) is 80.3 cm³/mol. The Morgan fingerprint density at radius 3 is 2.62 bits per heavy atom. The fourth-order valence-electron chi connectivity index (χ4n) is 2.58. The van der Waals surface area contributed by atoms with Crippen molar-refractivity contribution < 1.29 is 9.53 Å². The van der Waals surface area contributed by atoms with Crippen molar-refractivity contribution in [3.63, 3.8) is 0 Å². The number of carbonyl (C=O) groups is 1. The number of ether oxygens (including phenoxy) is 1. The topological polar surface area (TPSA) is 62.1 Å². The molecule has 0 aliphatic carbocycles. The lowest BCUT2D eigenvalue weighted by molar-refractivity contribution is -0.147. The first-order chi connectivity index (χ1) is 10.3. The zero-order valence-corrected chi connectivity index (χ0v) is 12.3. The standard InChI is InChI=1S/C17H22N2O2/c18-12-15-10-6-1-2-7-11-16(19-15)17(20)21-13-14-8-4-3-5-9-14/h3-5,8-9,15-16,19H,1-2,6-7,10-11,13H2. The van der Waals surface area contributed by atoms with Crippen LogP contribution in [0.25, 0.3) is 0 Å². The minimum absolute atomic E-state index is 0.249. The average Bonchev–Trinajstić information content (AvgIpc) is 2.65. The molecule has 0 aromatic heterocycles. The zero-order valence-electron chi connectivity index (χ0n) is 12.3. The molecule has 2 unspecified atom stereocenters. The smallest absolute Gasteiger partial charge is 0.323 e. The van der Waals surface area contributed by atoms with Crippen LogP contribution in [0.4, 0.5) is 0 Å². The van der Waals surface area contributed by atoms with Gasteiger partial charge in [-0.15, -0.1) is 0 Å². The van der Waals surface area contributed by atoms with Crippen molar-refractivity contribution in [2.75, 3.05) is 0 Å². The van der Waals surface area contributed by atoms with Crippen LogP contribution in [0.1, 0.15) is 44.1 Å². The summed E-state index contributed by atoms with van der Waals surface area (Å²) in [6, 6.07) is 11.3. The van der Waals surface area contributed by atoms with E-state index in [4.69, 9.17) is 10.00 Å². The lowest BCUT2D eigenvalue weighted by Gasteiger charge is -2.19. The van der Waals surface area contributed by atoms with E-state index in [0.717, 1.165) is 44.1 Å². The first kappa shape index (κ1) is 15.5. The van der Waals surface area contributed by atoms with E-state index in [1.165, 1.54) is 0 Å². The molecule has 0 radical (unpaired) electrons. The lowest BCUT2D eigenvalue weighted by Crippen LogP contribution is -2.43. The molecular weight excluding hydrogens is 264 g/mol. The van der Waals surface area contributed by atoms with Crippen molar-refractivity contribution in [3.8, 4) is 6.07 Å². The number of carbonyl (C=O) groups excluding carboxylic acids is 1. The van der Waals surface area contributed by atoms with Crippen LogP contribution in [0.5, 0.6) is 0 Å². The molecule has 1 heterocycles. The van der Waals surface area contributed by atoms with Crippen molar-refractivity contribution in [3.05, 3.63) is 35.9 Å². The molecule has 1 saturated heterocycles. The number of nitrogens with one attached hydrogen (secondary N) is 1. The first-order valence-corrected chi connectivity index (χ1v) is 7.66. The third kappa shape index (κ3) is 5.20. The summed E-state index contributed by atoms with van der Waals surface area (Å²) < 4.78 is 5.39. The van der Waals surface area contributed by atoms with Crippen molar-refractivity contribution >= 4 is 5.97 Å². The Balaban J connectivity index is 1.90. The van der Waals surface area contributed by atoms with Gasteiger partial charge in [-0.2, -0.15) is 5.26 Å². The lowest BCUT2D eigenvalue weighted by atomic mass is 10.1. The van der Waals surface area contributed by atoms with Gasteiger partial charge < -0.3 is 4.74 Å². The van der Waals surface area contributed by atoms with Gasteiger partial charge in [-0.05, 0) is 18.4 Å². The molecule has 4 nitrogen and oxygen atoms in total. The second-order valence-corrected chi connectivity index (χ2v) is 5.49. The van der Waals surface area contributed by atoms with E-state index in [0.29, 0.717) is 0 Å². The first-order valence-electron chi connectivity index (χ1n) is 7.66. The maximum atomic E-state index is 12.2. The Kier molecular flexibility index (Phi) is 6.23. The molecule has 4 heteroatoms. The van der Waals surface area contributed by atoms with E-state index in [1.54, 1.807) is 0 Å². The van der Waals surface area contributed by atoms with Crippen molar-refractivity contribution in [2.24, 2.45) is 0 Å². The molecule has 0 amide bonds. The van der Waals surface area contributed by atoms with Gasteiger partial charge in [0.25, 0.3) is 0 Å². The molecule has 1 aromatic carbocycles. The molecule has 1 aliphatic heterocycles. The molecule has 0 bridgehead atoms. The number of hydrogen-bond acceptors (Lipinski definition) is 4. The summed E-state index contributed by atoms with van der Waals surface area (Å²) in [4.78, 5) is 12.2. The number of nitriles is 1. The van der Waals surface area contributed by atoms with Gasteiger partial charge in [0.05, 0.1) is 12.1 Å². The summed E-state index contributed by atoms with van der Waals surface area (Å²) in [7, 11) is 0. The fraction of sp³-hybridized carbons (Fsp3) is 0.529. The Morgan fingerprint density at radius 1 is 1.19 bits per heavy atom. The Hall–Kier alpha value is -1.86. The van der Waals surface area contributed by atoms with Crippen LogP contribution in [0.15, 0.2) is 30.3 Å². The molecular formula is C17H22N2O2. The maximum Gasteiger partial charge on any atom is 0.323 e. The van der Waals surface area contributed by atoms with E-state index in [2.05, 4.69) is 11.4 Å². The van der Waals surface area contributed by atoms with Gasteiger partial charge in [-0.3, -0.25) is 10.1 Å². The molecule has 0 spiro atoms. The number of benzene rings is 1. The highest BCUT2D eigenvalue weighted by atomic mass is 16.5. The molecule has 1 N–H and O–H groups in total. The summed E-state index contributed by atoms with van der Waals surface area (Å²) >= 11 is 0. The second-order valence-electron chi connectivity index (χ2n) is 5.49. The molecule has 2 atom stereocenters. The molecule has 1 aromatic rings. The summed E-state index contributed by atoms with van der Waals surface area (Å²) in [5, 5.41) is 12.3. The predicted octanol–water partition coefficient (Wildman–Crippen LogP) is 2.93. The van der Waals surface area contributed by atoms with Crippen LogP contribution >= 0.6 is 0 Å². The number of hydrogen-bond donors (Lipinski definition) is 1. The van der Waals surface area contributed by atoms with E-state index >= 15 is 0 Å². The SMILES string of the molecule is N#CC1CCCCCCC(C(=O)OCc2ccccc2)N1. The van der Waals surface area contributed by atoms with Gasteiger partial charge in [0, 0.05) is 0 Å². The Bertz CT molecular complexity index is 481. The van der Waals surface area contributed by atoms with Crippen LogP contribution in [0.3, 0.4) is 0 Å². The molecule has 1 fully saturated rings. The van der Waals surface area contributed by atoms with E-state index in [1.807, 2.05) is 30.3 Å². The van der Waals surface area contributed by atoms with Crippen molar-refractivity contribution in [2.45, 2.75) is 57.2 Å². The van der Waals surface area contributed by atoms with E-state index in [-0.39, 0.29) is 24.7 Å². The van der Waals surface area contributed by atoms with Crippen molar-refractivity contribution in [1.29, 1.82) is 5.26 Å². The van der Waals surface area contributed by atoms with Gasteiger partial charge >= 0.3 is 5.97 Å². The largest absolute Gasteiger partial charge is 0.460 e. The Labute approximate surface area is 126 Å². The highest BCUT2D eigenvalue weighted by Crippen LogP contribution is 2.14. The highest BCUT2D eigenvalue weighted by Gasteiger charge is 2.24. The number of rotatable bonds is 3. The second kappa shape index (κ2) is 8.43. The van der Waals surface area contributed by atoms with Gasteiger partial charge in [-0.1, -0.05) is 56.0 Å². The van der Waals surface area contributed by atoms with Gasteiger partial charge in [0.2, 0.25) is 0 Å². The van der Waals surface area contributed by atoms with E-state index < -0.39 is 0 Å². The average molecular weight is 286 g/mol. The van der Waals surface area contributed by atoms with Crippen LogP contribution in [0, 0.1) is 11.3 Å². The number of esters is 1. The fourth-order valence-corrected chi connectivity index (χ4v) is 2.58. The Morgan fingerprint density at radius 2 is 1.90 bits per heavy atom. The van der Waals surface area contributed by atoms with Crippen molar-refractivity contribution in [1.82, 2.24) is 5.32 Å². The molecule has 0 saturated carbocycles. The van der Waals surface area contributed by atoms with Crippen LogP contribution in [-0.4, -0.2) is 18.1 Å². The summed E-state index contributed by atoms with van der Waals surface area (Å²) in [5.41, 5.74) is 0.978. The van der Waals surface area contributed by atoms with Gasteiger partial charge in [0.15, 0.2) is 0 Å². The quantitative estimate of drug-likeness (QED) is 0.868. The molecule has 112 valence electrons. The molecule has 1 aliphatic rings. The normalized spacial score (nSPS) is 23.2. The third-order valence-electron chi connectivity index (χ3n) is 3.80. The van der Waals surface area contributed by atoms with Crippen LogP contribution in [-0.2, 0) is 16.1 Å². The third-order valence-corrected chi connectivity index (χ3v) is 3.80. The van der Waals surface area contributed by atoms with Gasteiger partial charge in [-0.25, -0.2) is 0 Å². The minimum Gasteiger partial charge on any atom is -0.460 e. The minimum atomic E-state index is -0.364. The zero-order chi connectivity index (χ0) is 14.9. The van der Waals surface area contributed by atoms with Gasteiger partial charge in [0.1, 0.15) is 12.6 Å². The monoisotopic (exact) mass is 286 g/mol. The summed E-state index contributed by atoms with van der Waals surface area (Å²) in [5.74, 6) is -0.249. The summed E-state index contributed by atoms with van der Waals surface area (Å²) in [6.07, 6.45) is 5.83. The van der Waals surface area contributed by atoms with Crippen LogP contribution < -0.4 is 5.32 Å². The van der Waals surface area contributed by atoms with Crippen LogP contribution in [0.2, 0.25) is 0 Å².